The molecule has 8 aliphatic carbocycles. The summed E-state index contributed by atoms with van der Waals surface area (Å²) in [7, 11) is 0. The zero-order valence-electron chi connectivity index (χ0n) is 14.9. The Morgan fingerprint density at radius 1 is 0.500 bits per heavy atom. The van der Waals surface area contributed by atoms with Gasteiger partial charge in [0.1, 0.15) is 0 Å². The van der Waals surface area contributed by atoms with Crippen molar-refractivity contribution in [2.24, 2.45) is 35.5 Å². The van der Waals surface area contributed by atoms with Crippen LogP contribution >= 0.6 is 0 Å². The van der Waals surface area contributed by atoms with Gasteiger partial charge in [-0.15, -0.1) is 0 Å². The van der Waals surface area contributed by atoms with Gasteiger partial charge in [-0.1, -0.05) is 0 Å². The maximum atomic E-state index is 13.2. The van der Waals surface area contributed by atoms with Crippen LogP contribution in [0, 0.1) is 35.5 Å². The molecule has 1 aromatic rings. The summed E-state index contributed by atoms with van der Waals surface area (Å²) in [4.78, 5) is 13.2. The van der Waals surface area contributed by atoms with Crippen molar-refractivity contribution in [1.29, 1.82) is 0 Å². The lowest BCUT2D eigenvalue weighted by Gasteiger charge is -2.58. The van der Waals surface area contributed by atoms with Gasteiger partial charge in [0.25, 0.3) is 0 Å². The SMILES string of the molecule is O=c1c(C23CC4CC(CC(C4)C2)C3)c1C12CC3CC(CC(C3)C1)C2. The van der Waals surface area contributed by atoms with Gasteiger partial charge < -0.3 is 0 Å². The Kier molecular flexibility index (Phi) is 2.29. The highest BCUT2D eigenvalue weighted by Crippen LogP contribution is 2.66. The predicted molar refractivity (Wildman–Crippen MR) is 94.8 cm³/mol. The summed E-state index contributed by atoms with van der Waals surface area (Å²) < 4.78 is 0. The Hall–Kier alpha value is -0.590. The van der Waals surface area contributed by atoms with Crippen molar-refractivity contribution in [1.82, 2.24) is 0 Å². The third-order valence-corrected chi connectivity index (χ3v) is 9.78. The quantitative estimate of drug-likeness (QED) is 0.760. The first-order valence-electron chi connectivity index (χ1n) is 10.9. The highest BCUT2D eigenvalue weighted by atomic mass is 16.1. The van der Waals surface area contributed by atoms with Gasteiger partial charge in [-0.25, -0.2) is 0 Å². The molecule has 8 fully saturated rings. The van der Waals surface area contributed by atoms with Crippen LogP contribution in [0.5, 0.6) is 0 Å². The molecule has 1 aromatic carbocycles. The lowest BCUT2D eigenvalue weighted by Crippen LogP contribution is -2.50. The van der Waals surface area contributed by atoms with Crippen molar-refractivity contribution in [2.45, 2.75) is 87.9 Å². The molecule has 0 aliphatic heterocycles. The smallest absolute Gasteiger partial charge is 0.186 e. The fourth-order valence-electron chi connectivity index (χ4n) is 10.0. The van der Waals surface area contributed by atoms with Crippen molar-refractivity contribution in [3.8, 4) is 0 Å². The van der Waals surface area contributed by atoms with Gasteiger partial charge >= 0.3 is 0 Å². The number of rotatable bonds is 2. The third kappa shape index (κ3) is 1.57. The first kappa shape index (κ1) is 13.6. The Balaban J connectivity index is 1.30. The van der Waals surface area contributed by atoms with Gasteiger partial charge in [0.15, 0.2) is 5.43 Å². The fourth-order valence-corrected chi connectivity index (χ4v) is 10.0. The molecule has 0 saturated heterocycles. The van der Waals surface area contributed by atoms with Crippen LogP contribution in [0.1, 0.15) is 88.2 Å². The molecule has 8 aliphatic rings. The second kappa shape index (κ2) is 4.04. The fraction of sp³-hybridized carbons (Fsp3) is 0.870. The number of hydrogen-bond acceptors (Lipinski definition) is 1. The molecule has 8 bridgehead atoms. The van der Waals surface area contributed by atoms with E-state index in [4.69, 9.17) is 0 Å². The molecule has 24 heavy (non-hydrogen) atoms. The van der Waals surface area contributed by atoms with Crippen molar-refractivity contribution >= 4 is 0 Å². The highest BCUT2D eigenvalue weighted by molar-refractivity contribution is 5.53. The molecule has 0 aromatic heterocycles. The van der Waals surface area contributed by atoms with Gasteiger partial charge in [0.2, 0.25) is 0 Å². The minimum Gasteiger partial charge on any atom is -0.289 e. The zero-order valence-corrected chi connectivity index (χ0v) is 14.9. The van der Waals surface area contributed by atoms with Crippen LogP contribution in [0.2, 0.25) is 0 Å². The van der Waals surface area contributed by atoms with Crippen molar-refractivity contribution in [2.75, 3.05) is 0 Å². The molecule has 0 heterocycles. The Morgan fingerprint density at radius 2 is 0.750 bits per heavy atom. The Bertz CT molecular complexity index is 600. The molecular weight excluding hydrogens is 292 g/mol. The summed E-state index contributed by atoms with van der Waals surface area (Å²) in [6.45, 7) is 0. The molecule has 128 valence electrons. The zero-order chi connectivity index (χ0) is 15.7. The Labute approximate surface area is 145 Å². The predicted octanol–water partition coefficient (Wildman–Crippen LogP) is 4.86. The highest BCUT2D eigenvalue weighted by Gasteiger charge is 2.61. The Morgan fingerprint density at radius 3 is 1.00 bits per heavy atom. The average molecular weight is 322 g/mol. The lowest BCUT2D eigenvalue weighted by molar-refractivity contribution is -0.0124. The van der Waals surface area contributed by atoms with Crippen LogP contribution in [-0.2, 0) is 10.8 Å². The van der Waals surface area contributed by atoms with Crippen LogP contribution in [0.15, 0.2) is 4.79 Å². The van der Waals surface area contributed by atoms with Crippen LogP contribution in [0.3, 0.4) is 0 Å². The summed E-state index contributed by atoms with van der Waals surface area (Å²) in [5, 5.41) is 0. The van der Waals surface area contributed by atoms with E-state index in [1.807, 2.05) is 0 Å². The number of hydrogen-bond donors (Lipinski definition) is 0. The normalized spacial score (nSPS) is 57.3. The van der Waals surface area contributed by atoms with Crippen LogP contribution < -0.4 is 5.43 Å². The van der Waals surface area contributed by atoms with Gasteiger partial charge in [0, 0.05) is 22.0 Å². The third-order valence-electron chi connectivity index (χ3n) is 9.78. The van der Waals surface area contributed by atoms with E-state index in [-0.39, 0.29) is 0 Å². The molecule has 0 unspecified atom stereocenters. The first-order chi connectivity index (χ1) is 11.6. The second-order valence-corrected chi connectivity index (χ2v) is 11.5. The van der Waals surface area contributed by atoms with Crippen LogP contribution in [-0.4, -0.2) is 0 Å². The van der Waals surface area contributed by atoms with Crippen molar-refractivity contribution < 1.29 is 0 Å². The minimum atomic E-state index is 0.379. The lowest BCUT2D eigenvalue weighted by atomic mass is 9.47. The van der Waals surface area contributed by atoms with Gasteiger partial charge in [-0.2, -0.15) is 0 Å². The molecular formula is C23H30O. The van der Waals surface area contributed by atoms with E-state index < -0.39 is 0 Å². The van der Waals surface area contributed by atoms with E-state index in [1.54, 1.807) is 0 Å². The molecule has 0 atom stereocenters. The second-order valence-electron chi connectivity index (χ2n) is 11.5. The molecule has 0 N–H and O–H groups in total. The van der Waals surface area contributed by atoms with Gasteiger partial charge in [0.05, 0.1) is 0 Å². The van der Waals surface area contributed by atoms with Crippen molar-refractivity contribution in [3.63, 3.8) is 0 Å². The van der Waals surface area contributed by atoms with E-state index in [9.17, 15) is 4.79 Å². The molecule has 0 spiro atoms. The van der Waals surface area contributed by atoms with E-state index in [1.165, 1.54) is 88.2 Å². The van der Waals surface area contributed by atoms with E-state index in [0.717, 1.165) is 35.5 Å². The molecule has 8 saturated carbocycles. The molecule has 1 heteroatoms. The van der Waals surface area contributed by atoms with E-state index >= 15 is 0 Å². The summed E-state index contributed by atoms with van der Waals surface area (Å²) in [6, 6.07) is 0. The van der Waals surface area contributed by atoms with E-state index in [2.05, 4.69) is 0 Å². The van der Waals surface area contributed by atoms with Gasteiger partial charge in [-0.05, 0) is 113 Å². The van der Waals surface area contributed by atoms with Crippen LogP contribution in [0.4, 0.5) is 0 Å². The van der Waals surface area contributed by atoms with Crippen LogP contribution in [0.25, 0.3) is 0 Å². The summed E-state index contributed by atoms with van der Waals surface area (Å²) in [6.07, 6.45) is 17.3. The van der Waals surface area contributed by atoms with E-state index in [0.29, 0.717) is 16.3 Å². The standard InChI is InChI=1S/C23H30O/c24-21-19(22-7-13-1-14(8-22)3-15(2-13)9-22)20(21)23-10-16-4-17(11-23)6-18(5-16)12-23/h13-18H,1-12H2. The average Bonchev–Trinajstić information content (AvgIpc) is 3.18. The topological polar surface area (TPSA) is 17.1 Å². The summed E-state index contributed by atoms with van der Waals surface area (Å²) in [5.74, 6) is 5.80. The largest absolute Gasteiger partial charge is 0.289 e. The first-order valence-corrected chi connectivity index (χ1v) is 10.9. The molecule has 0 radical (unpaired) electrons. The maximum absolute atomic E-state index is 13.2. The summed E-state index contributed by atoms with van der Waals surface area (Å²) in [5.41, 5.74) is 4.25. The van der Waals surface area contributed by atoms with Gasteiger partial charge in [-0.3, -0.25) is 4.79 Å². The maximum Gasteiger partial charge on any atom is 0.186 e. The molecule has 1 nitrogen and oxygen atoms in total. The minimum absolute atomic E-state index is 0.379. The van der Waals surface area contributed by atoms with Crippen molar-refractivity contribution in [3.05, 3.63) is 21.4 Å². The monoisotopic (exact) mass is 322 g/mol. The molecule has 0 amide bonds. The summed E-state index contributed by atoms with van der Waals surface area (Å²) >= 11 is 0. The molecule has 9 rings (SSSR count).